The van der Waals surface area contributed by atoms with Gasteiger partial charge >= 0.3 is 6.18 Å². The zero-order valence-corrected chi connectivity index (χ0v) is 18.1. The number of fused-ring (bicyclic) bond motifs is 1. The number of hydrogen-bond acceptors (Lipinski definition) is 8. The van der Waals surface area contributed by atoms with Crippen molar-refractivity contribution in [2.45, 2.75) is 25.7 Å². The molecule has 4 rings (SSSR count). The Hall–Kier alpha value is -4.06. The molecule has 0 unspecified atom stereocenters. The molecule has 1 aromatic carbocycles. The predicted octanol–water partition coefficient (Wildman–Crippen LogP) is 3.66. The van der Waals surface area contributed by atoms with E-state index in [1.54, 1.807) is 31.5 Å². The van der Waals surface area contributed by atoms with Gasteiger partial charge in [0.1, 0.15) is 22.8 Å². The number of nitrogens with zero attached hydrogens (tertiary/aromatic N) is 4. The molecule has 4 aromatic rings. The minimum Gasteiger partial charge on any atom is -0.494 e. The van der Waals surface area contributed by atoms with Crippen LogP contribution in [0.15, 0.2) is 47.1 Å². The summed E-state index contributed by atoms with van der Waals surface area (Å²) in [7, 11) is 1.33. The maximum absolute atomic E-state index is 13.2. The first kappa shape index (κ1) is 23.1. The fraction of sp³-hybridized carbons (Fsp3) is 0.227. The summed E-state index contributed by atoms with van der Waals surface area (Å²) in [6.45, 7) is 1.67. The van der Waals surface area contributed by atoms with Crippen LogP contribution < -0.4 is 15.8 Å². The molecule has 0 radical (unpaired) electrons. The summed E-state index contributed by atoms with van der Waals surface area (Å²) in [6, 6.07) is 6.09. The van der Waals surface area contributed by atoms with E-state index in [1.165, 1.54) is 19.2 Å². The lowest BCUT2D eigenvalue weighted by Crippen LogP contribution is -2.26. The first-order chi connectivity index (χ1) is 16.2. The molecule has 34 heavy (non-hydrogen) atoms. The summed E-state index contributed by atoms with van der Waals surface area (Å²) in [5.41, 5.74) is 5.16. The lowest BCUT2D eigenvalue weighted by atomic mass is 10.1. The van der Waals surface area contributed by atoms with Gasteiger partial charge in [-0.3, -0.25) is 4.79 Å². The number of carbonyl (C=O) groups excluding carboxylic acids is 1. The lowest BCUT2D eigenvalue weighted by molar-refractivity contribution is -0.140. The number of halogens is 3. The molecule has 3 N–H and O–H groups in total. The predicted molar refractivity (Wildman–Crippen MR) is 115 cm³/mol. The van der Waals surface area contributed by atoms with Crippen molar-refractivity contribution in [3.8, 4) is 17.2 Å². The van der Waals surface area contributed by atoms with Gasteiger partial charge in [0.05, 0.1) is 19.7 Å². The van der Waals surface area contributed by atoms with Gasteiger partial charge in [0.2, 0.25) is 5.89 Å². The Morgan fingerprint density at radius 1 is 1.18 bits per heavy atom. The summed E-state index contributed by atoms with van der Waals surface area (Å²) < 4.78 is 50.6. The fourth-order valence-corrected chi connectivity index (χ4v) is 3.28. The van der Waals surface area contributed by atoms with E-state index in [4.69, 9.17) is 14.9 Å². The molecule has 9 nitrogen and oxygen atoms in total. The van der Waals surface area contributed by atoms with E-state index in [-0.39, 0.29) is 35.2 Å². The fourth-order valence-electron chi connectivity index (χ4n) is 3.28. The number of aromatic nitrogens is 4. The van der Waals surface area contributed by atoms with Crippen molar-refractivity contribution in [1.29, 1.82) is 0 Å². The SMILES string of the molecule is COc1ccc(-c2nc(C(=O)NCc3ncccn3)c([C@H](C)N)o2)c2ccc(C(F)(F)F)nc12. The molecule has 0 spiro atoms. The summed E-state index contributed by atoms with van der Waals surface area (Å²) in [6.07, 6.45) is -1.54. The van der Waals surface area contributed by atoms with E-state index in [1.807, 2.05) is 0 Å². The third-order valence-corrected chi connectivity index (χ3v) is 4.87. The van der Waals surface area contributed by atoms with E-state index in [9.17, 15) is 18.0 Å². The first-order valence-electron chi connectivity index (χ1n) is 10.0. The highest BCUT2D eigenvalue weighted by molar-refractivity contribution is 5.98. The van der Waals surface area contributed by atoms with Crippen molar-refractivity contribution in [3.05, 3.63) is 65.7 Å². The molecule has 1 amide bonds. The number of nitrogens with two attached hydrogens (primary N) is 1. The van der Waals surface area contributed by atoms with Gasteiger partial charge in [0.15, 0.2) is 11.5 Å². The first-order valence-corrected chi connectivity index (χ1v) is 10.0. The van der Waals surface area contributed by atoms with E-state index in [0.717, 1.165) is 6.07 Å². The van der Waals surface area contributed by atoms with Crippen LogP contribution >= 0.6 is 0 Å². The molecule has 0 saturated heterocycles. The molecule has 3 aromatic heterocycles. The smallest absolute Gasteiger partial charge is 0.433 e. The second kappa shape index (κ2) is 9.06. The van der Waals surface area contributed by atoms with Crippen LogP contribution in [0.5, 0.6) is 5.75 Å². The number of nitrogens with one attached hydrogen (secondary N) is 1. The summed E-state index contributed by atoms with van der Waals surface area (Å²) in [5, 5.41) is 2.96. The second-order valence-corrected chi connectivity index (χ2v) is 7.27. The second-order valence-electron chi connectivity index (χ2n) is 7.27. The number of benzene rings is 1. The van der Waals surface area contributed by atoms with Crippen LogP contribution in [-0.2, 0) is 12.7 Å². The van der Waals surface area contributed by atoms with E-state index in [2.05, 4.69) is 25.3 Å². The Morgan fingerprint density at radius 3 is 2.56 bits per heavy atom. The standard InChI is InChI=1S/C22H19F3N6O3/c1-11(26)19-18(20(32)29-10-16-27-8-3-9-28-16)31-21(34-19)13-4-6-14(33-2)17-12(13)5-7-15(30-17)22(23,24)25/h3-9,11H,10,26H2,1-2H3,(H,29,32)/t11-/m0/s1. The topological polar surface area (TPSA) is 129 Å². The van der Waals surface area contributed by atoms with Gasteiger partial charge in [-0.15, -0.1) is 0 Å². The number of alkyl halides is 3. The molecular weight excluding hydrogens is 453 g/mol. The Balaban J connectivity index is 1.76. The van der Waals surface area contributed by atoms with Crippen LogP contribution in [0.2, 0.25) is 0 Å². The number of carbonyl (C=O) groups is 1. The molecule has 176 valence electrons. The molecular formula is C22H19F3N6O3. The minimum atomic E-state index is -4.63. The maximum atomic E-state index is 13.2. The molecule has 1 atom stereocenters. The van der Waals surface area contributed by atoms with E-state index < -0.39 is 23.8 Å². The van der Waals surface area contributed by atoms with Gasteiger partial charge in [-0.05, 0) is 37.3 Å². The average Bonchev–Trinajstić information content (AvgIpc) is 3.27. The quantitative estimate of drug-likeness (QED) is 0.435. The van der Waals surface area contributed by atoms with Gasteiger partial charge < -0.3 is 20.2 Å². The molecule has 0 bridgehead atoms. The van der Waals surface area contributed by atoms with Crippen LogP contribution in [0.1, 0.15) is 40.7 Å². The molecule has 12 heteroatoms. The van der Waals surface area contributed by atoms with E-state index >= 15 is 0 Å². The highest BCUT2D eigenvalue weighted by Gasteiger charge is 2.33. The van der Waals surface area contributed by atoms with Crippen molar-refractivity contribution in [1.82, 2.24) is 25.3 Å². The minimum absolute atomic E-state index is 0.00243. The number of amides is 1. The third kappa shape index (κ3) is 4.53. The van der Waals surface area contributed by atoms with Gasteiger partial charge in [0.25, 0.3) is 5.91 Å². The van der Waals surface area contributed by atoms with Crippen molar-refractivity contribution in [3.63, 3.8) is 0 Å². The highest BCUT2D eigenvalue weighted by Crippen LogP contribution is 2.37. The number of rotatable bonds is 6. The molecule has 0 aliphatic rings. The molecule has 0 aliphatic heterocycles. The Morgan fingerprint density at radius 2 is 1.91 bits per heavy atom. The van der Waals surface area contributed by atoms with Gasteiger partial charge in [-0.25, -0.2) is 19.9 Å². The van der Waals surface area contributed by atoms with Crippen LogP contribution in [0, 0.1) is 0 Å². The van der Waals surface area contributed by atoms with Crippen LogP contribution in [0.3, 0.4) is 0 Å². The summed E-state index contributed by atoms with van der Waals surface area (Å²) in [4.78, 5) is 28.9. The van der Waals surface area contributed by atoms with Crippen LogP contribution in [0.4, 0.5) is 13.2 Å². The normalized spacial score (nSPS) is 12.5. The zero-order chi connectivity index (χ0) is 24.5. The number of hydrogen-bond donors (Lipinski definition) is 2. The van der Waals surface area contributed by atoms with Crippen molar-refractivity contribution < 1.29 is 27.1 Å². The summed E-state index contributed by atoms with van der Waals surface area (Å²) in [5.74, 6) is 0.0947. The number of oxazole rings is 1. The number of ether oxygens (including phenoxy) is 1. The third-order valence-electron chi connectivity index (χ3n) is 4.87. The van der Waals surface area contributed by atoms with Gasteiger partial charge in [-0.2, -0.15) is 13.2 Å². The Bertz CT molecular complexity index is 1340. The van der Waals surface area contributed by atoms with Crippen molar-refractivity contribution in [2.75, 3.05) is 7.11 Å². The Kier molecular flexibility index (Phi) is 6.16. The van der Waals surface area contributed by atoms with Crippen LogP contribution in [-0.4, -0.2) is 33.0 Å². The highest BCUT2D eigenvalue weighted by atomic mass is 19.4. The monoisotopic (exact) mass is 472 g/mol. The number of pyridine rings is 1. The van der Waals surface area contributed by atoms with E-state index in [0.29, 0.717) is 16.8 Å². The van der Waals surface area contributed by atoms with Gasteiger partial charge in [0, 0.05) is 23.3 Å². The van der Waals surface area contributed by atoms with Gasteiger partial charge in [-0.1, -0.05) is 0 Å². The molecule has 0 fully saturated rings. The zero-order valence-electron chi connectivity index (χ0n) is 18.1. The largest absolute Gasteiger partial charge is 0.494 e. The maximum Gasteiger partial charge on any atom is 0.433 e. The lowest BCUT2D eigenvalue weighted by Gasteiger charge is -2.11. The van der Waals surface area contributed by atoms with Crippen molar-refractivity contribution >= 4 is 16.8 Å². The number of methoxy groups -OCH3 is 1. The molecule has 0 aliphatic carbocycles. The van der Waals surface area contributed by atoms with Crippen LogP contribution in [0.25, 0.3) is 22.4 Å². The average molecular weight is 472 g/mol. The summed E-state index contributed by atoms with van der Waals surface area (Å²) >= 11 is 0. The molecule has 0 saturated carbocycles. The van der Waals surface area contributed by atoms with Crippen molar-refractivity contribution in [2.24, 2.45) is 5.73 Å². The Labute approximate surface area is 191 Å². The molecule has 3 heterocycles.